The summed E-state index contributed by atoms with van der Waals surface area (Å²) >= 11 is 0. The molecule has 0 radical (unpaired) electrons. The minimum absolute atomic E-state index is 0.00403. The molecule has 7 heteroatoms. The van der Waals surface area contributed by atoms with Crippen LogP contribution in [-0.4, -0.2) is 35.4 Å². The lowest BCUT2D eigenvalue weighted by atomic mass is 9.96. The standard InChI is InChI=1S/C19H24N4O3/c1-3-26-17-8-6-15(7-9-17)21-19(25)14-5-4-10-23(13-14)16-11-18(24)22(2)20-12-16/h6-9,11-12,14H,3-5,10,13H2,1-2H3,(H,21,25)/t14-/m1/s1. The van der Waals surface area contributed by atoms with E-state index in [1.165, 1.54) is 4.68 Å². The van der Waals surface area contributed by atoms with Crippen molar-refractivity contribution in [1.82, 2.24) is 9.78 Å². The second-order valence-electron chi connectivity index (χ2n) is 6.41. The number of anilines is 2. The molecule has 2 heterocycles. The van der Waals surface area contributed by atoms with E-state index in [1.807, 2.05) is 31.2 Å². The van der Waals surface area contributed by atoms with Gasteiger partial charge in [-0.1, -0.05) is 0 Å². The van der Waals surface area contributed by atoms with Gasteiger partial charge in [-0.25, -0.2) is 4.68 Å². The summed E-state index contributed by atoms with van der Waals surface area (Å²) in [6, 6.07) is 8.94. The summed E-state index contributed by atoms with van der Waals surface area (Å²) in [6.07, 6.45) is 3.41. The maximum Gasteiger partial charge on any atom is 0.268 e. The summed E-state index contributed by atoms with van der Waals surface area (Å²) < 4.78 is 6.71. The van der Waals surface area contributed by atoms with Crippen LogP contribution in [0.2, 0.25) is 0 Å². The van der Waals surface area contributed by atoms with Gasteiger partial charge in [0.25, 0.3) is 5.56 Å². The largest absolute Gasteiger partial charge is 0.494 e. The number of aromatic nitrogens is 2. The van der Waals surface area contributed by atoms with Crippen LogP contribution in [0.5, 0.6) is 5.75 Å². The zero-order valence-electron chi connectivity index (χ0n) is 15.1. The predicted molar refractivity (Wildman–Crippen MR) is 101 cm³/mol. The maximum atomic E-state index is 12.6. The van der Waals surface area contributed by atoms with Gasteiger partial charge in [-0.05, 0) is 44.0 Å². The molecular weight excluding hydrogens is 332 g/mol. The topological polar surface area (TPSA) is 76.5 Å². The second kappa shape index (κ2) is 8.03. The number of nitrogens with zero attached hydrogens (tertiary/aromatic N) is 3. The van der Waals surface area contributed by atoms with Crippen LogP contribution in [0, 0.1) is 5.92 Å². The number of benzene rings is 1. The minimum Gasteiger partial charge on any atom is -0.494 e. The van der Waals surface area contributed by atoms with Crippen molar-refractivity contribution in [2.75, 3.05) is 29.9 Å². The van der Waals surface area contributed by atoms with Gasteiger partial charge in [-0.2, -0.15) is 5.10 Å². The Morgan fingerprint density at radius 3 is 2.81 bits per heavy atom. The summed E-state index contributed by atoms with van der Waals surface area (Å²) in [5.74, 6) is 0.655. The summed E-state index contributed by atoms with van der Waals surface area (Å²) in [6.45, 7) is 3.95. The SMILES string of the molecule is CCOc1ccc(NC(=O)[C@@H]2CCCN(c3cnn(C)c(=O)c3)C2)cc1. The molecule has 1 aromatic heterocycles. The van der Waals surface area contributed by atoms with E-state index in [2.05, 4.69) is 15.3 Å². The van der Waals surface area contributed by atoms with E-state index >= 15 is 0 Å². The quantitative estimate of drug-likeness (QED) is 0.887. The molecule has 3 rings (SSSR count). The van der Waals surface area contributed by atoms with Crippen molar-refractivity contribution in [3.8, 4) is 5.75 Å². The molecule has 2 aromatic rings. The Kier molecular flexibility index (Phi) is 5.55. The van der Waals surface area contributed by atoms with Gasteiger partial charge in [0.15, 0.2) is 0 Å². The fourth-order valence-electron chi connectivity index (χ4n) is 3.10. The van der Waals surface area contributed by atoms with E-state index in [0.717, 1.165) is 36.5 Å². The highest BCUT2D eigenvalue weighted by atomic mass is 16.5. The first kappa shape index (κ1) is 18.0. The van der Waals surface area contributed by atoms with Crippen molar-refractivity contribution in [3.63, 3.8) is 0 Å². The molecule has 1 aromatic carbocycles. The number of nitrogens with one attached hydrogen (secondary N) is 1. The van der Waals surface area contributed by atoms with Crippen molar-refractivity contribution in [2.45, 2.75) is 19.8 Å². The average molecular weight is 356 g/mol. The number of aryl methyl sites for hydroxylation is 1. The molecule has 0 unspecified atom stereocenters. The minimum atomic E-state index is -0.150. The Bertz CT molecular complexity index is 816. The fourth-order valence-corrected chi connectivity index (χ4v) is 3.10. The lowest BCUT2D eigenvalue weighted by Gasteiger charge is -2.33. The van der Waals surface area contributed by atoms with Crippen LogP contribution in [0.15, 0.2) is 41.3 Å². The summed E-state index contributed by atoms with van der Waals surface area (Å²) in [4.78, 5) is 26.5. The molecule has 7 nitrogen and oxygen atoms in total. The molecule has 0 saturated carbocycles. The number of carbonyl (C=O) groups excluding carboxylic acids is 1. The van der Waals surface area contributed by atoms with Gasteiger partial charge in [-0.3, -0.25) is 9.59 Å². The molecule has 0 bridgehead atoms. The fraction of sp³-hybridized carbons (Fsp3) is 0.421. The van der Waals surface area contributed by atoms with Gasteiger partial charge in [0, 0.05) is 31.9 Å². The lowest BCUT2D eigenvalue weighted by Crippen LogP contribution is -2.41. The first-order chi connectivity index (χ1) is 12.6. The molecule has 1 N–H and O–H groups in total. The van der Waals surface area contributed by atoms with Gasteiger partial charge in [0.2, 0.25) is 5.91 Å². The van der Waals surface area contributed by atoms with Crippen LogP contribution in [-0.2, 0) is 11.8 Å². The highest BCUT2D eigenvalue weighted by Gasteiger charge is 2.26. The van der Waals surface area contributed by atoms with Crippen molar-refractivity contribution in [3.05, 3.63) is 46.9 Å². The van der Waals surface area contributed by atoms with Crippen molar-refractivity contribution < 1.29 is 9.53 Å². The molecule has 138 valence electrons. The van der Waals surface area contributed by atoms with Crippen LogP contribution in [0.25, 0.3) is 0 Å². The van der Waals surface area contributed by atoms with Crippen LogP contribution in [0.1, 0.15) is 19.8 Å². The molecule has 1 fully saturated rings. The van der Waals surface area contributed by atoms with Crippen molar-refractivity contribution >= 4 is 17.3 Å². The monoisotopic (exact) mass is 356 g/mol. The Balaban J connectivity index is 1.63. The predicted octanol–water partition coefficient (Wildman–Crippen LogP) is 2.03. The number of ether oxygens (including phenoxy) is 1. The summed E-state index contributed by atoms with van der Waals surface area (Å²) in [5, 5.41) is 7.04. The smallest absolute Gasteiger partial charge is 0.268 e. The number of hydrogen-bond donors (Lipinski definition) is 1. The molecule has 26 heavy (non-hydrogen) atoms. The van der Waals surface area contributed by atoms with Gasteiger partial charge < -0.3 is 15.0 Å². The molecule has 0 aliphatic carbocycles. The summed E-state index contributed by atoms with van der Waals surface area (Å²) in [7, 11) is 1.62. The Hall–Kier alpha value is -2.83. The van der Waals surface area contributed by atoms with Crippen LogP contribution in [0.3, 0.4) is 0 Å². The van der Waals surface area contributed by atoms with Crippen molar-refractivity contribution in [1.29, 1.82) is 0 Å². The third-order valence-electron chi connectivity index (χ3n) is 4.54. The third kappa shape index (κ3) is 4.22. The van der Waals surface area contributed by atoms with Crippen molar-refractivity contribution in [2.24, 2.45) is 13.0 Å². The molecular formula is C19H24N4O3. The van der Waals surface area contributed by atoms with Gasteiger partial charge in [0.05, 0.1) is 24.4 Å². The Morgan fingerprint density at radius 2 is 2.12 bits per heavy atom. The van der Waals surface area contributed by atoms with Gasteiger partial charge in [-0.15, -0.1) is 0 Å². The number of hydrogen-bond acceptors (Lipinski definition) is 5. The summed E-state index contributed by atoms with van der Waals surface area (Å²) in [5.41, 5.74) is 1.38. The van der Waals surface area contributed by atoms with Gasteiger partial charge >= 0.3 is 0 Å². The molecule has 0 spiro atoms. The number of amides is 1. The zero-order chi connectivity index (χ0) is 18.5. The molecule has 1 saturated heterocycles. The first-order valence-corrected chi connectivity index (χ1v) is 8.89. The first-order valence-electron chi connectivity index (χ1n) is 8.89. The molecule has 1 aliphatic heterocycles. The number of piperidine rings is 1. The highest BCUT2D eigenvalue weighted by Crippen LogP contribution is 2.23. The lowest BCUT2D eigenvalue weighted by molar-refractivity contribution is -0.120. The second-order valence-corrected chi connectivity index (χ2v) is 6.41. The van der Waals surface area contributed by atoms with E-state index in [-0.39, 0.29) is 17.4 Å². The number of carbonyl (C=O) groups is 1. The third-order valence-corrected chi connectivity index (χ3v) is 4.54. The van der Waals surface area contributed by atoms with E-state index < -0.39 is 0 Å². The highest BCUT2D eigenvalue weighted by molar-refractivity contribution is 5.93. The zero-order valence-corrected chi connectivity index (χ0v) is 15.1. The molecule has 1 atom stereocenters. The average Bonchev–Trinajstić information content (AvgIpc) is 2.66. The Labute approximate surface area is 152 Å². The normalized spacial score (nSPS) is 17.0. The van der Waals surface area contributed by atoms with E-state index in [4.69, 9.17) is 4.74 Å². The van der Waals surface area contributed by atoms with Crippen LogP contribution >= 0.6 is 0 Å². The maximum absolute atomic E-state index is 12.6. The van der Waals surface area contributed by atoms with E-state index in [0.29, 0.717) is 13.2 Å². The van der Waals surface area contributed by atoms with Gasteiger partial charge in [0.1, 0.15) is 5.75 Å². The van der Waals surface area contributed by atoms with E-state index in [1.54, 1.807) is 19.3 Å². The van der Waals surface area contributed by atoms with Crippen LogP contribution in [0.4, 0.5) is 11.4 Å². The molecule has 1 aliphatic rings. The Morgan fingerprint density at radius 1 is 1.35 bits per heavy atom. The van der Waals surface area contributed by atoms with Crippen LogP contribution < -0.4 is 20.5 Å². The van der Waals surface area contributed by atoms with E-state index in [9.17, 15) is 9.59 Å². The number of rotatable bonds is 5. The molecule has 1 amide bonds.